The normalized spacial score (nSPS) is 11.1. The summed E-state index contributed by atoms with van der Waals surface area (Å²) in [5.41, 5.74) is 20.0. The van der Waals surface area contributed by atoms with Gasteiger partial charge in [-0.2, -0.15) is 12.7 Å². The molecule has 10 aromatic carbocycles. The molecule has 1 aliphatic heterocycles. The maximum absolute atomic E-state index is 12.6. The summed E-state index contributed by atoms with van der Waals surface area (Å²) in [6.07, 6.45) is 17.2. The zero-order chi connectivity index (χ0) is 87.1. The molecule has 0 atom stereocenters. The molecule has 0 saturated carbocycles. The van der Waals surface area contributed by atoms with E-state index in [0.29, 0.717) is 5.56 Å². The van der Waals surface area contributed by atoms with E-state index < -0.39 is 6.04 Å². The number of aliphatic hydroxyl groups is 1. The molecule has 0 bridgehead atoms. The first-order chi connectivity index (χ1) is 60.3. The summed E-state index contributed by atoms with van der Waals surface area (Å²) in [5.74, 6) is -0.326. The van der Waals surface area contributed by atoms with Crippen molar-refractivity contribution >= 4 is 43.7 Å². The van der Waals surface area contributed by atoms with Crippen LogP contribution >= 0.6 is 11.3 Å². The number of benzene rings is 10. The van der Waals surface area contributed by atoms with E-state index in [1.54, 1.807) is 42.2 Å². The summed E-state index contributed by atoms with van der Waals surface area (Å²) in [5, 5.41) is 19.2. The van der Waals surface area contributed by atoms with Crippen molar-refractivity contribution in [2.75, 3.05) is 11.9 Å². The van der Waals surface area contributed by atoms with Crippen LogP contribution in [0, 0.1) is 69.7 Å². The molecule has 4 radical (unpaired) electrons. The number of pyridine rings is 6. The van der Waals surface area contributed by atoms with E-state index in [0.717, 1.165) is 89.0 Å². The van der Waals surface area contributed by atoms with Crippen LogP contribution in [0.4, 0.5) is 10.1 Å². The zero-order valence-electron chi connectivity index (χ0n) is 72.8. The molecule has 19 rings (SSSR count). The average molecular weight is 2530 g/mol. The van der Waals surface area contributed by atoms with Crippen molar-refractivity contribution in [1.82, 2.24) is 45.0 Å². The molecule has 9 heterocycles. The summed E-state index contributed by atoms with van der Waals surface area (Å²) < 4.78 is 53.7. The Kier molecular flexibility index (Phi) is 38.8. The van der Waals surface area contributed by atoms with Gasteiger partial charge in [-0.15, -0.1) is 178 Å². The van der Waals surface area contributed by atoms with Crippen molar-refractivity contribution in [2.24, 2.45) is 0 Å². The fraction of sp³-hybridized carbons (Fsp3) is 0.0571. The topological polar surface area (TPSA) is 148 Å². The SMILES string of the molecule is CC(=O)C=C(C)O.CN1C=CN(c2[c-]cc(F)cc2)[CH-]1.Cc1cc(-c2ccccn2)[c-]cc1-c1ccccc1.Cc1ccccc1-c1ccnc(-c2[c-]cccc2)c1.[2H]c1c([2H])c([2H])c(-c2cnc(-c3[c-]ccc4ccccc34)cc2C)c([2H])c1[2H].[Ir+3].[Ir].[Ir].[Ir].[Ir].[c-]1c(-c2ccccn2)sc2ccccc12.[c-]1ccccc1-c1ccccn1.c1ccc(-c2ccn[n-]2)nc1. The quantitative estimate of drug-likeness (QED) is 0.0746. The van der Waals surface area contributed by atoms with Gasteiger partial charge >= 0.3 is 20.1 Å². The van der Waals surface area contributed by atoms with E-state index >= 15 is 0 Å². The molecule has 0 spiro atoms. The van der Waals surface area contributed by atoms with E-state index in [1.807, 2.05) is 243 Å². The number of carbonyl (C=O) groups is 1. The molecule has 0 saturated heterocycles. The van der Waals surface area contributed by atoms with Gasteiger partial charge in [0.05, 0.1) is 12.6 Å². The summed E-state index contributed by atoms with van der Waals surface area (Å²) in [7, 11) is 1.93. The average Bonchev–Trinajstić information content (AvgIpc) is 0.801. The van der Waals surface area contributed by atoms with Crippen molar-refractivity contribution in [3.05, 3.63) is 455 Å². The number of hydrogen-bond acceptors (Lipinski definition) is 12. The van der Waals surface area contributed by atoms with Gasteiger partial charge in [0, 0.05) is 153 Å². The second-order valence-electron chi connectivity index (χ2n) is 26.5. The molecule has 8 aromatic heterocycles. The number of carbonyl (C=O) groups excluding carboxylic acids is 1. The first-order valence-electron chi connectivity index (χ1n) is 40.4. The minimum absolute atomic E-state index is 0. The van der Waals surface area contributed by atoms with Gasteiger partial charge in [-0.25, -0.2) is 11.3 Å². The molecule has 0 fully saturated rings. The van der Waals surface area contributed by atoms with Crippen LogP contribution in [0.1, 0.15) is 37.4 Å². The van der Waals surface area contributed by atoms with E-state index in [1.165, 1.54) is 75.5 Å². The molecule has 0 amide bonds. The Bertz CT molecular complexity index is 6450. The standard InChI is InChI=1S/C22H16N.2C18H14N.C13H8NS.C11H8N.C10H9FN2.C8H6N3.C5H8O2.5Ir/c1-16-14-22(23-15-21(16)18-8-3-2-4-9-18)20-13-7-11-17-10-5-6-12-19(17)20;1-14-7-5-6-10-17(14)16-11-12-19-18(13-16)15-8-3-2-4-9-15;1-14-13-16(18-9-5-6-12-19-18)10-11-17(14)15-7-3-2-4-8-15;1-2-7-12-10(5-1)9-13(15-12)11-6-3-4-8-14-11;1-2-6-10(7-3-1)11-8-4-5-9-12-11;1-12-6-7-13(8-12)10-4-2-9(11)3-5-10;1-2-5-9-7(3-1)8-4-6-10-11-8;1-4(6)3-5(2)7;;;;;/h2-12,14-15H,1H3;2-8,10-13H,1H3;2-9,11-13H,1H3;1-8H;1-6,8-9H;2-4,6-8H,1H3;1-6H;3,6H,1-2H3;;;;;/q5*-1;-2;-1;;;;;;+3/i2D,3D,4D,8D,9D;;;;;;;;;;;;. The molecule has 124 heavy (non-hydrogen) atoms. The number of ketones is 1. The molecule has 19 heteroatoms. The predicted molar refractivity (Wildman–Crippen MR) is 483 cm³/mol. The van der Waals surface area contributed by atoms with E-state index in [-0.39, 0.29) is 148 Å². The number of aliphatic hydroxyl groups excluding tert-OH is 1. The zero-order valence-corrected chi connectivity index (χ0v) is 80.6. The molecular formula is C105H83FIr5N10O2S-5. The van der Waals surface area contributed by atoms with Crippen LogP contribution in [0.5, 0.6) is 0 Å². The van der Waals surface area contributed by atoms with Crippen molar-refractivity contribution in [2.45, 2.75) is 34.6 Å². The summed E-state index contributed by atoms with van der Waals surface area (Å²) in [6, 6.07) is 112. The molecule has 0 aliphatic carbocycles. The van der Waals surface area contributed by atoms with Gasteiger partial charge in [0.1, 0.15) is 0 Å². The molecule has 0 unspecified atom stereocenters. The number of nitrogens with zero attached hydrogens (tertiary/aromatic N) is 10. The number of thiophene rings is 1. The third kappa shape index (κ3) is 30.1. The minimum Gasteiger partial charge on any atom is -0.574 e. The first kappa shape index (κ1) is 91.5. The predicted octanol–water partition coefficient (Wildman–Crippen LogP) is 25.1. The van der Waals surface area contributed by atoms with E-state index in [4.69, 9.17) is 12.0 Å². The maximum atomic E-state index is 12.6. The van der Waals surface area contributed by atoms with Crippen LogP contribution in [0.2, 0.25) is 0 Å². The molecule has 18 aromatic rings. The Morgan fingerprint density at radius 3 is 1.65 bits per heavy atom. The van der Waals surface area contributed by atoms with Gasteiger partial charge < -0.3 is 50.0 Å². The Morgan fingerprint density at radius 1 is 0.484 bits per heavy atom. The Labute approximate surface area is 804 Å². The monoisotopic (exact) mass is 2540 g/mol. The van der Waals surface area contributed by atoms with Crippen molar-refractivity contribution in [3.63, 3.8) is 0 Å². The number of aromatic nitrogens is 8. The van der Waals surface area contributed by atoms with Crippen molar-refractivity contribution in [3.8, 4) is 100 Å². The van der Waals surface area contributed by atoms with E-state index in [2.05, 4.69) is 181 Å². The molecule has 1 aliphatic rings. The third-order valence-corrected chi connectivity index (χ3v) is 18.8. The number of allylic oxidation sites excluding steroid dienone is 2. The number of anilines is 1. The van der Waals surface area contributed by atoms with Crippen LogP contribution < -0.4 is 10.00 Å². The summed E-state index contributed by atoms with van der Waals surface area (Å²) in [4.78, 5) is 40.9. The molecule has 628 valence electrons. The van der Waals surface area contributed by atoms with Crippen LogP contribution in [-0.2, 0) is 105 Å². The van der Waals surface area contributed by atoms with Gasteiger partial charge in [0.15, 0.2) is 5.78 Å². The first-order valence-corrected chi connectivity index (χ1v) is 38.7. The van der Waals surface area contributed by atoms with Gasteiger partial charge in [0.25, 0.3) is 0 Å². The fourth-order valence-electron chi connectivity index (χ4n) is 12.0. The Hall–Kier alpha value is -11.7. The molecule has 1 N–H and O–H groups in total. The largest absolute Gasteiger partial charge is 3.00 e. The number of aryl methyl sites for hydroxylation is 3. The van der Waals surface area contributed by atoms with Gasteiger partial charge in [-0.3, -0.25) is 14.2 Å². The fourth-order valence-corrected chi connectivity index (χ4v) is 13.0. The Balaban J connectivity index is 0.000000206. The van der Waals surface area contributed by atoms with Crippen LogP contribution in [-0.4, -0.2) is 57.8 Å². The van der Waals surface area contributed by atoms with Gasteiger partial charge in [-0.05, 0) is 144 Å². The van der Waals surface area contributed by atoms with E-state index in [9.17, 15) is 9.18 Å². The third-order valence-electron chi connectivity index (χ3n) is 17.7. The van der Waals surface area contributed by atoms with Crippen LogP contribution in [0.25, 0.3) is 121 Å². The number of halogens is 1. The maximum Gasteiger partial charge on any atom is 3.00 e. The molecular weight excluding hydrogens is 2450 g/mol. The number of rotatable bonds is 11. The number of fused-ring (bicyclic) bond motifs is 2. The second-order valence-corrected chi connectivity index (χ2v) is 27.6. The van der Waals surface area contributed by atoms with Gasteiger partial charge in [0.2, 0.25) is 0 Å². The number of hydrogen-bond donors (Lipinski definition) is 1. The Morgan fingerprint density at radius 2 is 1.08 bits per heavy atom. The van der Waals surface area contributed by atoms with Gasteiger partial charge in [-0.1, -0.05) is 211 Å². The van der Waals surface area contributed by atoms with Crippen molar-refractivity contribution in [1.29, 1.82) is 0 Å². The second kappa shape index (κ2) is 52.7. The summed E-state index contributed by atoms with van der Waals surface area (Å²) >= 11 is 1.73. The summed E-state index contributed by atoms with van der Waals surface area (Å²) in [6.45, 7) is 10.9. The molecule has 12 nitrogen and oxygen atoms in total. The van der Waals surface area contributed by atoms with Crippen LogP contribution in [0.3, 0.4) is 0 Å². The smallest absolute Gasteiger partial charge is 0.574 e. The van der Waals surface area contributed by atoms with Crippen molar-refractivity contribution < 1.29 is 122 Å². The van der Waals surface area contributed by atoms with Crippen LogP contribution in [0.15, 0.2) is 389 Å². The minimum atomic E-state index is -0.397.